The molecule has 70 valence electrons. The molecule has 0 aromatic carbocycles. The molecule has 0 aliphatic heterocycles. The molecule has 3 nitrogen and oxygen atoms in total. The first-order chi connectivity index (χ1) is 6.09. The van der Waals surface area contributed by atoms with E-state index < -0.39 is 11.9 Å². The second-order valence-corrected chi connectivity index (χ2v) is 3.74. The van der Waals surface area contributed by atoms with Crippen molar-refractivity contribution in [3.05, 3.63) is 23.2 Å². The number of aryl methyl sites for hydroxylation is 1. The highest BCUT2D eigenvalue weighted by Gasteiger charge is 2.38. The summed E-state index contributed by atoms with van der Waals surface area (Å²) in [4.78, 5) is 10.9. The molecular formula is C10H12O3. The van der Waals surface area contributed by atoms with Gasteiger partial charge in [0, 0.05) is 0 Å². The van der Waals surface area contributed by atoms with Crippen LogP contribution in [0.25, 0.3) is 0 Å². The summed E-state index contributed by atoms with van der Waals surface area (Å²) in [6.45, 7) is 3.80. The Labute approximate surface area is 76.4 Å². The van der Waals surface area contributed by atoms with Crippen LogP contribution in [0.3, 0.4) is 0 Å². The Bertz CT molecular complexity index is 351. The third-order valence-corrected chi connectivity index (χ3v) is 2.62. The third kappa shape index (κ3) is 1.15. The largest absolute Gasteiger partial charge is 0.481 e. The number of hydrogen-bond donors (Lipinski definition) is 1. The van der Waals surface area contributed by atoms with E-state index in [2.05, 4.69) is 0 Å². The van der Waals surface area contributed by atoms with Gasteiger partial charge in [0.05, 0.1) is 0 Å². The number of carbonyl (C=O) groups is 1. The van der Waals surface area contributed by atoms with Crippen LogP contribution >= 0.6 is 0 Å². The maximum atomic E-state index is 10.9. The lowest BCUT2D eigenvalue weighted by molar-refractivity contribution is -0.140. The molecule has 1 aromatic rings. The second kappa shape index (κ2) is 2.62. The van der Waals surface area contributed by atoms with Crippen molar-refractivity contribution in [1.29, 1.82) is 0 Å². The van der Waals surface area contributed by atoms with E-state index in [9.17, 15) is 4.79 Å². The first-order valence-corrected chi connectivity index (χ1v) is 4.41. The average molecular weight is 180 g/mol. The number of fused-ring (bicyclic) bond motifs is 1. The molecule has 1 heterocycles. The molecular weight excluding hydrogens is 168 g/mol. The molecule has 0 radical (unpaired) electrons. The molecule has 0 saturated carbocycles. The van der Waals surface area contributed by atoms with Gasteiger partial charge in [-0.1, -0.05) is 6.92 Å². The topological polar surface area (TPSA) is 50.4 Å². The van der Waals surface area contributed by atoms with Crippen LogP contribution in [0.1, 0.15) is 29.9 Å². The number of carboxylic acid groups (broad SMARTS) is 1. The third-order valence-electron chi connectivity index (χ3n) is 2.62. The van der Waals surface area contributed by atoms with Crippen molar-refractivity contribution in [1.82, 2.24) is 0 Å². The zero-order valence-electron chi connectivity index (χ0n) is 7.70. The number of rotatable bonds is 1. The van der Waals surface area contributed by atoms with Gasteiger partial charge in [0.25, 0.3) is 0 Å². The zero-order chi connectivity index (χ0) is 9.59. The SMILES string of the molecule is Cc1cc2c(o1)C(C(=O)O)C(C)C2. The molecule has 2 unspecified atom stereocenters. The van der Waals surface area contributed by atoms with Crippen LogP contribution in [0.5, 0.6) is 0 Å². The molecule has 0 amide bonds. The smallest absolute Gasteiger partial charge is 0.314 e. The Kier molecular flexibility index (Phi) is 1.68. The maximum Gasteiger partial charge on any atom is 0.314 e. The van der Waals surface area contributed by atoms with E-state index in [1.807, 2.05) is 19.9 Å². The molecule has 0 saturated heterocycles. The summed E-state index contributed by atoms with van der Waals surface area (Å²) in [7, 11) is 0. The van der Waals surface area contributed by atoms with Crippen molar-refractivity contribution in [3.8, 4) is 0 Å². The van der Waals surface area contributed by atoms with Gasteiger partial charge in [-0.05, 0) is 30.9 Å². The Morgan fingerprint density at radius 1 is 1.69 bits per heavy atom. The van der Waals surface area contributed by atoms with E-state index in [-0.39, 0.29) is 5.92 Å². The van der Waals surface area contributed by atoms with Gasteiger partial charge >= 0.3 is 5.97 Å². The van der Waals surface area contributed by atoms with Crippen LogP contribution in [-0.4, -0.2) is 11.1 Å². The second-order valence-electron chi connectivity index (χ2n) is 3.74. The molecule has 0 fully saturated rings. The Hall–Kier alpha value is -1.25. The molecule has 0 spiro atoms. The lowest BCUT2D eigenvalue weighted by Crippen LogP contribution is -2.14. The van der Waals surface area contributed by atoms with Gasteiger partial charge in [0.1, 0.15) is 17.4 Å². The van der Waals surface area contributed by atoms with Crippen LogP contribution in [0.15, 0.2) is 10.5 Å². The first-order valence-electron chi connectivity index (χ1n) is 4.41. The average Bonchev–Trinajstić information content (AvgIpc) is 2.41. The highest BCUT2D eigenvalue weighted by Crippen LogP contribution is 2.39. The molecule has 13 heavy (non-hydrogen) atoms. The van der Waals surface area contributed by atoms with Gasteiger partial charge in [-0.3, -0.25) is 4.79 Å². The predicted molar refractivity (Wildman–Crippen MR) is 46.7 cm³/mol. The van der Waals surface area contributed by atoms with Crippen molar-refractivity contribution in [2.24, 2.45) is 5.92 Å². The van der Waals surface area contributed by atoms with Crippen molar-refractivity contribution in [2.75, 3.05) is 0 Å². The van der Waals surface area contributed by atoms with Crippen molar-refractivity contribution >= 4 is 5.97 Å². The lowest BCUT2D eigenvalue weighted by atomic mass is 9.98. The molecule has 1 aliphatic rings. The normalized spacial score (nSPS) is 26.0. The van der Waals surface area contributed by atoms with Crippen LogP contribution in [-0.2, 0) is 11.2 Å². The number of furan rings is 1. The monoisotopic (exact) mass is 180 g/mol. The fraction of sp³-hybridized carbons (Fsp3) is 0.500. The van der Waals surface area contributed by atoms with Crippen LogP contribution in [0, 0.1) is 12.8 Å². The van der Waals surface area contributed by atoms with Crippen molar-refractivity contribution in [3.63, 3.8) is 0 Å². The van der Waals surface area contributed by atoms with Gasteiger partial charge in [0.2, 0.25) is 0 Å². The maximum absolute atomic E-state index is 10.9. The molecule has 1 aliphatic carbocycles. The molecule has 2 atom stereocenters. The first kappa shape index (κ1) is 8.35. The van der Waals surface area contributed by atoms with E-state index in [0.29, 0.717) is 5.76 Å². The summed E-state index contributed by atoms with van der Waals surface area (Å²) in [5, 5.41) is 8.98. The van der Waals surface area contributed by atoms with Gasteiger partial charge in [-0.2, -0.15) is 0 Å². The minimum Gasteiger partial charge on any atom is -0.481 e. The van der Waals surface area contributed by atoms with Crippen molar-refractivity contribution < 1.29 is 14.3 Å². The Morgan fingerprint density at radius 3 is 3.00 bits per heavy atom. The van der Waals surface area contributed by atoms with E-state index in [1.54, 1.807) is 0 Å². The van der Waals surface area contributed by atoms with Gasteiger partial charge in [0.15, 0.2) is 0 Å². The highest BCUT2D eigenvalue weighted by molar-refractivity contribution is 5.77. The predicted octanol–water partition coefficient (Wildman–Crippen LogP) is 1.95. The van der Waals surface area contributed by atoms with Crippen LogP contribution < -0.4 is 0 Å². The van der Waals surface area contributed by atoms with Gasteiger partial charge < -0.3 is 9.52 Å². The molecule has 1 N–H and O–H groups in total. The molecule has 3 heteroatoms. The van der Waals surface area contributed by atoms with Crippen molar-refractivity contribution in [2.45, 2.75) is 26.2 Å². The van der Waals surface area contributed by atoms with E-state index in [0.717, 1.165) is 17.7 Å². The van der Waals surface area contributed by atoms with Gasteiger partial charge in [-0.15, -0.1) is 0 Å². The minimum absolute atomic E-state index is 0.159. The molecule has 0 bridgehead atoms. The molecule has 2 rings (SSSR count). The highest BCUT2D eigenvalue weighted by atomic mass is 16.4. The zero-order valence-corrected chi connectivity index (χ0v) is 7.70. The van der Waals surface area contributed by atoms with Crippen LogP contribution in [0.4, 0.5) is 0 Å². The van der Waals surface area contributed by atoms with Gasteiger partial charge in [-0.25, -0.2) is 0 Å². The number of aliphatic carboxylic acids is 1. The fourth-order valence-corrected chi connectivity index (χ4v) is 2.09. The fourth-order valence-electron chi connectivity index (χ4n) is 2.09. The number of carboxylic acids is 1. The lowest BCUT2D eigenvalue weighted by Gasteiger charge is -2.08. The van der Waals surface area contributed by atoms with Crippen LogP contribution in [0.2, 0.25) is 0 Å². The number of hydrogen-bond acceptors (Lipinski definition) is 2. The van der Waals surface area contributed by atoms with E-state index >= 15 is 0 Å². The summed E-state index contributed by atoms with van der Waals surface area (Å²) in [5.41, 5.74) is 1.07. The van der Waals surface area contributed by atoms with E-state index in [1.165, 1.54) is 0 Å². The molecule has 1 aromatic heterocycles. The summed E-state index contributed by atoms with van der Waals surface area (Å²) in [6.07, 6.45) is 0.823. The summed E-state index contributed by atoms with van der Waals surface area (Å²) in [5.74, 6) is 0.414. The van der Waals surface area contributed by atoms with E-state index in [4.69, 9.17) is 9.52 Å². The summed E-state index contributed by atoms with van der Waals surface area (Å²) in [6, 6.07) is 1.94. The minimum atomic E-state index is -0.777. The summed E-state index contributed by atoms with van der Waals surface area (Å²) < 4.78 is 5.39. The Balaban J connectivity index is 2.44. The standard InChI is InChI=1S/C10H12O3/c1-5-3-7-4-6(2)13-9(7)8(5)10(11)12/h4-5,8H,3H2,1-2H3,(H,11,12). The summed E-state index contributed by atoms with van der Waals surface area (Å²) >= 11 is 0. The Morgan fingerprint density at radius 2 is 2.38 bits per heavy atom. The quantitative estimate of drug-likeness (QED) is 0.718.